The number of benzene rings is 1. The molecule has 27 heavy (non-hydrogen) atoms. The Morgan fingerprint density at radius 1 is 1.30 bits per heavy atom. The van der Waals surface area contributed by atoms with Gasteiger partial charge in [0.2, 0.25) is 5.91 Å². The molecule has 142 valence electrons. The van der Waals surface area contributed by atoms with Gasteiger partial charge in [-0.15, -0.1) is 6.58 Å². The van der Waals surface area contributed by atoms with Gasteiger partial charge in [0.1, 0.15) is 0 Å². The maximum Gasteiger partial charge on any atom is 0.336 e. The van der Waals surface area contributed by atoms with E-state index in [1.165, 1.54) is 25.3 Å². The average Bonchev–Trinajstić information content (AvgIpc) is 2.64. The summed E-state index contributed by atoms with van der Waals surface area (Å²) in [6.07, 6.45) is 1.52. The summed E-state index contributed by atoms with van der Waals surface area (Å²) in [5, 5.41) is 17.2. The Hall–Kier alpha value is -3.42. The van der Waals surface area contributed by atoms with E-state index in [1.54, 1.807) is 26.0 Å². The molecular weight excluding hydrogens is 350 g/mol. The van der Waals surface area contributed by atoms with E-state index in [1.807, 2.05) is 0 Å². The molecule has 8 heteroatoms. The third-order valence-electron chi connectivity index (χ3n) is 4.26. The van der Waals surface area contributed by atoms with Crippen LogP contribution in [0.15, 0.2) is 59.5 Å². The molecule has 1 unspecified atom stereocenters. The highest BCUT2D eigenvalue weighted by atomic mass is 16.6. The normalized spacial score (nSPS) is 16.5. The van der Waals surface area contributed by atoms with Crippen LogP contribution in [0, 0.1) is 10.1 Å². The number of nitrogens with zero attached hydrogens (tertiary/aromatic N) is 1. The Morgan fingerprint density at radius 2 is 1.93 bits per heavy atom. The summed E-state index contributed by atoms with van der Waals surface area (Å²) in [5.74, 6) is -2.05. The van der Waals surface area contributed by atoms with Crippen LogP contribution in [-0.2, 0) is 14.3 Å². The third-order valence-corrected chi connectivity index (χ3v) is 4.26. The average molecular weight is 371 g/mol. The van der Waals surface area contributed by atoms with E-state index < -0.39 is 22.7 Å². The molecule has 0 spiro atoms. The molecule has 0 bridgehead atoms. The largest absolute Gasteiger partial charge is 0.466 e. The van der Waals surface area contributed by atoms with Crippen LogP contribution in [0.2, 0.25) is 0 Å². The van der Waals surface area contributed by atoms with Crippen molar-refractivity contribution in [1.82, 2.24) is 10.6 Å². The zero-order chi connectivity index (χ0) is 20.1. The van der Waals surface area contributed by atoms with Crippen LogP contribution in [0.5, 0.6) is 0 Å². The van der Waals surface area contributed by atoms with E-state index in [0.29, 0.717) is 11.4 Å². The molecule has 0 aliphatic carbocycles. The summed E-state index contributed by atoms with van der Waals surface area (Å²) in [4.78, 5) is 36.3. The second kappa shape index (κ2) is 8.31. The maximum atomic E-state index is 12.8. The highest BCUT2D eigenvalue weighted by molar-refractivity contribution is 6.02. The number of nitro groups is 1. The van der Waals surface area contributed by atoms with Gasteiger partial charge in [0.05, 0.1) is 23.5 Å². The second-order valence-electron chi connectivity index (χ2n) is 5.94. The summed E-state index contributed by atoms with van der Waals surface area (Å²) in [6, 6.07) is 6.04. The van der Waals surface area contributed by atoms with E-state index in [9.17, 15) is 19.7 Å². The number of dihydropyridines is 1. The Balaban J connectivity index is 2.74. The van der Waals surface area contributed by atoms with Gasteiger partial charge in [-0.05, 0) is 13.8 Å². The zero-order valence-electron chi connectivity index (χ0n) is 15.4. The van der Waals surface area contributed by atoms with Crippen LogP contribution >= 0.6 is 0 Å². The highest BCUT2D eigenvalue weighted by Crippen LogP contribution is 2.42. The summed E-state index contributed by atoms with van der Waals surface area (Å²) < 4.78 is 4.88. The Morgan fingerprint density at radius 3 is 2.52 bits per heavy atom. The van der Waals surface area contributed by atoms with E-state index >= 15 is 0 Å². The van der Waals surface area contributed by atoms with Gasteiger partial charge in [0.15, 0.2) is 0 Å². The second-order valence-corrected chi connectivity index (χ2v) is 5.94. The molecule has 1 aliphatic heterocycles. The van der Waals surface area contributed by atoms with Gasteiger partial charge < -0.3 is 15.4 Å². The minimum absolute atomic E-state index is 0.154. The number of nitrogens with one attached hydrogen (secondary N) is 2. The van der Waals surface area contributed by atoms with Crippen LogP contribution in [0.25, 0.3) is 0 Å². The first-order valence-corrected chi connectivity index (χ1v) is 8.22. The van der Waals surface area contributed by atoms with Gasteiger partial charge in [-0.25, -0.2) is 4.79 Å². The number of amides is 1. The minimum atomic E-state index is -0.940. The molecule has 0 aromatic heterocycles. The first kappa shape index (κ1) is 19.9. The van der Waals surface area contributed by atoms with Gasteiger partial charge in [-0.3, -0.25) is 14.9 Å². The van der Waals surface area contributed by atoms with E-state index in [-0.39, 0.29) is 28.9 Å². The summed E-state index contributed by atoms with van der Waals surface area (Å²) in [5.41, 5.74) is 1.42. The predicted octanol–water partition coefficient (Wildman–Crippen LogP) is 2.30. The molecule has 8 nitrogen and oxygen atoms in total. The number of carbonyl (C=O) groups excluding carboxylic acids is 2. The number of hydrogen-bond acceptors (Lipinski definition) is 6. The van der Waals surface area contributed by atoms with Crippen molar-refractivity contribution in [3.8, 4) is 0 Å². The fourth-order valence-electron chi connectivity index (χ4n) is 3.14. The van der Waals surface area contributed by atoms with Crippen molar-refractivity contribution in [2.45, 2.75) is 19.8 Å². The van der Waals surface area contributed by atoms with Gasteiger partial charge in [0.25, 0.3) is 5.69 Å². The lowest BCUT2D eigenvalue weighted by Crippen LogP contribution is -2.36. The Kier molecular flexibility index (Phi) is 6.12. The Labute approximate surface area is 156 Å². The molecule has 1 aromatic rings. The minimum Gasteiger partial charge on any atom is -0.466 e. The van der Waals surface area contributed by atoms with Crippen molar-refractivity contribution in [2.75, 3.05) is 13.7 Å². The number of ether oxygens (including phenoxy) is 1. The van der Waals surface area contributed by atoms with Crippen molar-refractivity contribution in [3.05, 3.63) is 75.1 Å². The molecule has 1 heterocycles. The number of nitro benzene ring substituents is 1. The van der Waals surface area contributed by atoms with E-state index in [4.69, 9.17) is 4.74 Å². The van der Waals surface area contributed by atoms with Gasteiger partial charge in [-0.2, -0.15) is 0 Å². The lowest BCUT2D eigenvalue weighted by molar-refractivity contribution is -0.385. The molecule has 1 amide bonds. The standard InChI is InChI=1S/C19H21N3O5/c1-5-10-20-18(23)15-11(2)21-12(3)16(19(24)27-4)17(15)13-8-6-7-9-14(13)22(25)26/h5-9,17,21H,1,10H2,2-4H3,(H,20,23). The highest BCUT2D eigenvalue weighted by Gasteiger charge is 2.39. The first-order valence-electron chi connectivity index (χ1n) is 8.22. The predicted molar refractivity (Wildman–Crippen MR) is 99.6 cm³/mol. The van der Waals surface area contributed by atoms with E-state index in [0.717, 1.165) is 0 Å². The molecule has 0 fully saturated rings. The van der Waals surface area contributed by atoms with Crippen LogP contribution in [-0.4, -0.2) is 30.5 Å². The van der Waals surface area contributed by atoms with Gasteiger partial charge in [0, 0.05) is 35.1 Å². The lowest BCUT2D eigenvalue weighted by Gasteiger charge is -2.30. The summed E-state index contributed by atoms with van der Waals surface area (Å²) in [7, 11) is 1.22. The molecular formula is C19H21N3O5. The number of carbonyl (C=O) groups is 2. The molecule has 2 N–H and O–H groups in total. The summed E-state index contributed by atoms with van der Waals surface area (Å²) >= 11 is 0. The number of methoxy groups -OCH3 is 1. The summed E-state index contributed by atoms with van der Waals surface area (Å²) in [6.45, 7) is 7.12. The molecule has 0 saturated heterocycles. The van der Waals surface area contributed by atoms with Gasteiger partial charge >= 0.3 is 5.97 Å². The quantitative estimate of drug-likeness (QED) is 0.344. The number of hydrogen-bond donors (Lipinski definition) is 2. The zero-order valence-corrected chi connectivity index (χ0v) is 15.4. The van der Waals surface area contributed by atoms with Crippen molar-refractivity contribution in [2.24, 2.45) is 0 Å². The molecule has 2 rings (SSSR count). The van der Waals surface area contributed by atoms with Crippen molar-refractivity contribution >= 4 is 17.6 Å². The van der Waals surface area contributed by atoms with Crippen molar-refractivity contribution in [1.29, 1.82) is 0 Å². The van der Waals surface area contributed by atoms with Crippen LogP contribution in [0.3, 0.4) is 0 Å². The molecule has 1 atom stereocenters. The molecule has 1 aromatic carbocycles. The third kappa shape index (κ3) is 3.89. The van der Waals surface area contributed by atoms with E-state index in [2.05, 4.69) is 17.2 Å². The van der Waals surface area contributed by atoms with Crippen LogP contribution in [0.1, 0.15) is 25.3 Å². The lowest BCUT2D eigenvalue weighted by atomic mass is 9.79. The molecule has 1 aliphatic rings. The fraction of sp³-hybridized carbons (Fsp3) is 0.263. The molecule has 0 saturated carbocycles. The fourth-order valence-corrected chi connectivity index (χ4v) is 3.14. The van der Waals surface area contributed by atoms with Crippen molar-refractivity contribution < 1.29 is 19.2 Å². The SMILES string of the molecule is C=CCNC(=O)C1=C(C)NC(C)=C(C(=O)OC)C1c1ccccc1[N+](=O)[O-]. The van der Waals surface area contributed by atoms with Gasteiger partial charge in [-0.1, -0.05) is 24.3 Å². The number of rotatable bonds is 6. The molecule has 0 radical (unpaired) electrons. The topological polar surface area (TPSA) is 111 Å². The number of esters is 1. The monoisotopic (exact) mass is 371 g/mol. The number of allylic oxidation sites excluding steroid dienone is 2. The van der Waals surface area contributed by atoms with Crippen LogP contribution in [0.4, 0.5) is 5.69 Å². The smallest absolute Gasteiger partial charge is 0.336 e. The van der Waals surface area contributed by atoms with Crippen LogP contribution < -0.4 is 10.6 Å². The maximum absolute atomic E-state index is 12.8. The first-order chi connectivity index (χ1) is 12.8. The number of para-hydroxylation sites is 1. The van der Waals surface area contributed by atoms with Crippen molar-refractivity contribution in [3.63, 3.8) is 0 Å². The Bertz CT molecular complexity index is 870.